The van der Waals surface area contributed by atoms with E-state index in [1.807, 2.05) is 0 Å². The van der Waals surface area contributed by atoms with Crippen LogP contribution in [0.3, 0.4) is 0 Å². The van der Waals surface area contributed by atoms with Crippen LogP contribution in [-0.2, 0) is 0 Å². The first-order valence-electron chi connectivity index (χ1n) is 5.10. The standard InChI is InChI=1S/C11H18O/c1-2-11(12)7-10-6-8-3-4-9(10)5-8/h2,8-12H,1,3-7H2/t8-,9-,10-,11-/m0/s1. The predicted molar refractivity (Wildman–Crippen MR) is 49.8 cm³/mol. The van der Waals surface area contributed by atoms with Crippen LogP contribution < -0.4 is 0 Å². The summed E-state index contributed by atoms with van der Waals surface area (Å²) in [6.07, 6.45) is 8.06. The number of rotatable bonds is 3. The summed E-state index contributed by atoms with van der Waals surface area (Å²) in [6.45, 7) is 3.61. The van der Waals surface area contributed by atoms with Crippen molar-refractivity contribution < 1.29 is 5.11 Å². The molecule has 0 aromatic rings. The van der Waals surface area contributed by atoms with Crippen molar-refractivity contribution in [2.75, 3.05) is 0 Å². The quantitative estimate of drug-likeness (QED) is 0.638. The normalized spacial score (nSPS) is 41.6. The van der Waals surface area contributed by atoms with Crippen LogP contribution in [0.15, 0.2) is 12.7 Å². The largest absolute Gasteiger partial charge is 0.389 e. The molecule has 0 saturated heterocycles. The summed E-state index contributed by atoms with van der Waals surface area (Å²) >= 11 is 0. The summed E-state index contributed by atoms with van der Waals surface area (Å²) in [4.78, 5) is 0. The molecule has 0 unspecified atom stereocenters. The highest BCUT2D eigenvalue weighted by Gasteiger charge is 2.39. The van der Waals surface area contributed by atoms with Gasteiger partial charge in [0.1, 0.15) is 0 Å². The lowest BCUT2D eigenvalue weighted by Gasteiger charge is -2.22. The molecule has 0 aliphatic heterocycles. The molecule has 2 aliphatic rings. The van der Waals surface area contributed by atoms with E-state index in [1.165, 1.54) is 25.7 Å². The average Bonchev–Trinajstić information content (AvgIpc) is 2.64. The first kappa shape index (κ1) is 8.31. The predicted octanol–water partition coefficient (Wildman–Crippen LogP) is 2.36. The van der Waals surface area contributed by atoms with Gasteiger partial charge in [-0.15, -0.1) is 6.58 Å². The fourth-order valence-electron chi connectivity index (χ4n) is 3.07. The van der Waals surface area contributed by atoms with Crippen LogP contribution in [0.1, 0.15) is 32.1 Å². The lowest BCUT2D eigenvalue weighted by molar-refractivity contribution is 0.163. The Morgan fingerprint density at radius 1 is 1.42 bits per heavy atom. The van der Waals surface area contributed by atoms with Crippen LogP contribution in [0.5, 0.6) is 0 Å². The van der Waals surface area contributed by atoms with Crippen molar-refractivity contribution in [3.8, 4) is 0 Å². The zero-order valence-electron chi connectivity index (χ0n) is 7.58. The zero-order valence-corrected chi connectivity index (χ0v) is 7.58. The second kappa shape index (κ2) is 3.21. The molecule has 68 valence electrons. The number of fused-ring (bicyclic) bond motifs is 2. The third kappa shape index (κ3) is 1.42. The molecular weight excluding hydrogens is 148 g/mol. The van der Waals surface area contributed by atoms with Gasteiger partial charge in [-0.05, 0) is 43.4 Å². The van der Waals surface area contributed by atoms with Gasteiger partial charge in [-0.2, -0.15) is 0 Å². The molecule has 1 N–H and O–H groups in total. The molecule has 0 aromatic heterocycles. The van der Waals surface area contributed by atoms with Gasteiger partial charge in [0.25, 0.3) is 0 Å². The second-order valence-electron chi connectivity index (χ2n) is 4.47. The molecule has 0 spiro atoms. The van der Waals surface area contributed by atoms with Gasteiger partial charge in [-0.3, -0.25) is 0 Å². The van der Waals surface area contributed by atoms with E-state index in [0.29, 0.717) is 0 Å². The lowest BCUT2D eigenvalue weighted by Crippen LogP contribution is -2.16. The highest BCUT2D eigenvalue weighted by atomic mass is 16.3. The molecule has 2 aliphatic carbocycles. The van der Waals surface area contributed by atoms with Gasteiger partial charge in [0, 0.05) is 0 Å². The second-order valence-corrected chi connectivity index (χ2v) is 4.47. The number of hydrogen-bond acceptors (Lipinski definition) is 1. The molecule has 4 atom stereocenters. The van der Waals surface area contributed by atoms with Gasteiger partial charge in [0.05, 0.1) is 6.10 Å². The van der Waals surface area contributed by atoms with Crippen LogP contribution in [0.2, 0.25) is 0 Å². The molecular formula is C11H18O. The fraction of sp³-hybridized carbons (Fsp3) is 0.818. The van der Waals surface area contributed by atoms with E-state index >= 15 is 0 Å². The summed E-state index contributed by atoms with van der Waals surface area (Å²) in [6, 6.07) is 0. The van der Waals surface area contributed by atoms with Crippen molar-refractivity contribution in [1.82, 2.24) is 0 Å². The van der Waals surface area contributed by atoms with Gasteiger partial charge in [0.15, 0.2) is 0 Å². The molecule has 0 aromatic carbocycles. The van der Waals surface area contributed by atoms with Crippen molar-refractivity contribution in [2.45, 2.75) is 38.2 Å². The number of hydrogen-bond donors (Lipinski definition) is 1. The zero-order chi connectivity index (χ0) is 8.55. The lowest BCUT2D eigenvalue weighted by atomic mass is 9.85. The minimum Gasteiger partial charge on any atom is -0.389 e. The first-order valence-corrected chi connectivity index (χ1v) is 5.10. The van der Waals surface area contributed by atoms with E-state index in [-0.39, 0.29) is 6.10 Å². The Balaban J connectivity index is 1.86. The van der Waals surface area contributed by atoms with Crippen molar-refractivity contribution >= 4 is 0 Å². The van der Waals surface area contributed by atoms with Gasteiger partial charge in [-0.25, -0.2) is 0 Å². The molecule has 2 saturated carbocycles. The summed E-state index contributed by atoms with van der Waals surface area (Å²) in [7, 11) is 0. The molecule has 1 heteroatoms. The Morgan fingerprint density at radius 3 is 2.75 bits per heavy atom. The molecule has 2 bridgehead atoms. The Kier molecular flexibility index (Phi) is 2.22. The maximum Gasteiger partial charge on any atom is 0.0721 e. The molecule has 2 rings (SSSR count). The highest BCUT2D eigenvalue weighted by molar-refractivity contribution is 4.92. The molecule has 0 heterocycles. The molecule has 2 fully saturated rings. The van der Waals surface area contributed by atoms with E-state index in [1.54, 1.807) is 6.08 Å². The van der Waals surface area contributed by atoms with Gasteiger partial charge >= 0.3 is 0 Å². The summed E-state index contributed by atoms with van der Waals surface area (Å²) in [5, 5.41) is 9.43. The van der Waals surface area contributed by atoms with Gasteiger partial charge in [0.2, 0.25) is 0 Å². The Hall–Kier alpha value is -0.300. The maximum absolute atomic E-state index is 9.43. The van der Waals surface area contributed by atoms with Crippen LogP contribution >= 0.6 is 0 Å². The van der Waals surface area contributed by atoms with Crippen LogP contribution in [0.4, 0.5) is 0 Å². The average molecular weight is 166 g/mol. The minimum atomic E-state index is -0.255. The van der Waals surface area contributed by atoms with E-state index in [2.05, 4.69) is 6.58 Å². The van der Waals surface area contributed by atoms with E-state index in [4.69, 9.17) is 0 Å². The minimum absolute atomic E-state index is 0.255. The topological polar surface area (TPSA) is 20.2 Å². The third-order valence-corrected chi connectivity index (χ3v) is 3.70. The maximum atomic E-state index is 9.43. The van der Waals surface area contributed by atoms with Gasteiger partial charge < -0.3 is 5.11 Å². The van der Waals surface area contributed by atoms with Crippen molar-refractivity contribution in [2.24, 2.45) is 17.8 Å². The summed E-state index contributed by atoms with van der Waals surface area (Å²) in [5.41, 5.74) is 0. The fourth-order valence-corrected chi connectivity index (χ4v) is 3.07. The third-order valence-electron chi connectivity index (χ3n) is 3.70. The SMILES string of the molecule is C=C[C@H](O)C[C@@H]1C[C@H]2CC[C@H]1C2. The first-order chi connectivity index (χ1) is 5.79. The number of aliphatic hydroxyl groups excluding tert-OH is 1. The smallest absolute Gasteiger partial charge is 0.0721 e. The molecule has 0 amide bonds. The van der Waals surface area contributed by atoms with E-state index in [0.717, 1.165) is 24.2 Å². The van der Waals surface area contributed by atoms with Crippen LogP contribution in [0, 0.1) is 17.8 Å². The summed E-state index contributed by atoms with van der Waals surface area (Å²) < 4.78 is 0. The van der Waals surface area contributed by atoms with Crippen molar-refractivity contribution in [3.63, 3.8) is 0 Å². The number of aliphatic hydroxyl groups is 1. The van der Waals surface area contributed by atoms with Crippen molar-refractivity contribution in [1.29, 1.82) is 0 Å². The highest BCUT2D eigenvalue weighted by Crippen LogP contribution is 2.49. The molecule has 1 nitrogen and oxygen atoms in total. The molecule has 0 radical (unpaired) electrons. The Morgan fingerprint density at radius 2 is 2.25 bits per heavy atom. The Labute approximate surface area is 74.5 Å². The van der Waals surface area contributed by atoms with E-state index in [9.17, 15) is 5.11 Å². The van der Waals surface area contributed by atoms with Crippen LogP contribution in [-0.4, -0.2) is 11.2 Å². The van der Waals surface area contributed by atoms with E-state index < -0.39 is 0 Å². The monoisotopic (exact) mass is 166 g/mol. The van der Waals surface area contributed by atoms with Gasteiger partial charge in [-0.1, -0.05) is 12.5 Å². The molecule has 12 heavy (non-hydrogen) atoms. The van der Waals surface area contributed by atoms with Crippen molar-refractivity contribution in [3.05, 3.63) is 12.7 Å². The Bertz CT molecular complexity index is 176. The summed E-state index contributed by atoms with van der Waals surface area (Å²) in [5.74, 6) is 2.73. The van der Waals surface area contributed by atoms with Crippen LogP contribution in [0.25, 0.3) is 0 Å².